The molecular formula is C28H29ClFN7O3. The Bertz CT molecular complexity index is 1500. The Morgan fingerprint density at radius 3 is 2.48 bits per heavy atom. The van der Waals surface area contributed by atoms with Crippen molar-refractivity contribution in [3.63, 3.8) is 0 Å². The van der Waals surface area contributed by atoms with Gasteiger partial charge in [-0.05, 0) is 43.7 Å². The largest absolute Gasteiger partial charge is 0.353 e. The molecular weight excluding hydrogens is 537 g/mol. The first-order chi connectivity index (χ1) is 18.9. The van der Waals surface area contributed by atoms with E-state index in [9.17, 15) is 18.9 Å². The van der Waals surface area contributed by atoms with E-state index in [4.69, 9.17) is 16.6 Å². The average molecular weight is 566 g/mol. The fraction of sp³-hybridized carbons (Fsp3) is 0.393. The molecule has 4 heterocycles. The summed E-state index contributed by atoms with van der Waals surface area (Å²) in [6.07, 6.45) is 2.98. The highest BCUT2D eigenvalue weighted by molar-refractivity contribution is 6.31. The fourth-order valence-electron chi connectivity index (χ4n) is 5.33. The number of halogens is 2. The van der Waals surface area contributed by atoms with Gasteiger partial charge in [-0.25, -0.2) is 19.3 Å². The van der Waals surface area contributed by atoms with Gasteiger partial charge in [0.1, 0.15) is 17.3 Å². The van der Waals surface area contributed by atoms with E-state index in [1.54, 1.807) is 30.5 Å². The molecule has 0 saturated carbocycles. The van der Waals surface area contributed by atoms with Crippen LogP contribution < -0.4 is 9.80 Å². The quantitative estimate of drug-likeness (QED) is 0.410. The van der Waals surface area contributed by atoms with Crippen LogP contribution in [0.4, 0.5) is 21.7 Å². The lowest BCUT2D eigenvalue weighted by molar-refractivity contribution is -0.117. The standard InChI is InChI=1S/C28H29ClFN7O3/c1-27(2)15-36(18-6-7-20(30)19(29)12-18)25-24(27)33-21(14-32-25)26(39)37-10-9-35(16-28(37,3)4)22-8-5-17(13-31-22)11-23(38)34-40/h5-8,12-14H,9-11,15-16H2,1-4H3. The molecule has 2 aromatic heterocycles. The third kappa shape index (κ3) is 5.13. The number of carbonyl (C=O) groups excluding carboxylic acids is 2. The molecule has 1 saturated heterocycles. The van der Waals surface area contributed by atoms with Crippen molar-refractivity contribution in [2.24, 2.45) is 5.18 Å². The Morgan fingerprint density at radius 2 is 1.82 bits per heavy atom. The van der Waals surface area contributed by atoms with Gasteiger partial charge < -0.3 is 14.7 Å². The van der Waals surface area contributed by atoms with E-state index < -0.39 is 22.7 Å². The van der Waals surface area contributed by atoms with E-state index in [1.165, 1.54) is 12.3 Å². The van der Waals surface area contributed by atoms with E-state index in [1.807, 2.05) is 37.5 Å². The first-order valence-corrected chi connectivity index (χ1v) is 13.3. The van der Waals surface area contributed by atoms with Crippen LogP contribution in [0.1, 0.15) is 49.4 Å². The van der Waals surface area contributed by atoms with E-state index in [0.717, 1.165) is 5.82 Å². The predicted octanol–water partition coefficient (Wildman–Crippen LogP) is 4.67. The molecule has 0 aliphatic carbocycles. The van der Waals surface area contributed by atoms with E-state index in [-0.39, 0.29) is 23.0 Å². The van der Waals surface area contributed by atoms with Crippen molar-refractivity contribution in [1.82, 2.24) is 19.9 Å². The van der Waals surface area contributed by atoms with Crippen LogP contribution in [0.5, 0.6) is 0 Å². The molecule has 3 aromatic rings. The summed E-state index contributed by atoms with van der Waals surface area (Å²) in [7, 11) is 0. The van der Waals surface area contributed by atoms with Crippen molar-refractivity contribution in [1.29, 1.82) is 0 Å². The smallest absolute Gasteiger partial charge is 0.290 e. The number of piperazine rings is 1. The molecule has 2 aliphatic heterocycles. The highest BCUT2D eigenvalue weighted by Gasteiger charge is 2.42. The van der Waals surface area contributed by atoms with Crippen LogP contribution in [-0.4, -0.2) is 63.4 Å². The van der Waals surface area contributed by atoms with Gasteiger partial charge in [-0.1, -0.05) is 31.5 Å². The summed E-state index contributed by atoms with van der Waals surface area (Å²) in [4.78, 5) is 55.1. The van der Waals surface area contributed by atoms with Crippen LogP contribution in [0.2, 0.25) is 5.02 Å². The highest BCUT2D eigenvalue weighted by Crippen LogP contribution is 2.42. The Balaban J connectivity index is 1.34. The van der Waals surface area contributed by atoms with Gasteiger partial charge in [0.05, 0.1) is 28.9 Å². The Morgan fingerprint density at radius 1 is 1.05 bits per heavy atom. The topological polar surface area (TPSA) is 112 Å². The number of rotatable bonds is 5. The summed E-state index contributed by atoms with van der Waals surface area (Å²) in [5.74, 6) is -0.102. The maximum atomic E-state index is 13.8. The van der Waals surface area contributed by atoms with Gasteiger partial charge in [0, 0.05) is 48.7 Å². The number of hydrogen-bond acceptors (Lipinski definition) is 8. The van der Waals surface area contributed by atoms with Crippen molar-refractivity contribution >= 4 is 40.7 Å². The number of amides is 2. The van der Waals surface area contributed by atoms with Gasteiger partial charge in [0.2, 0.25) is 0 Å². The predicted molar refractivity (Wildman–Crippen MR) is 150 cm³/mol. The minimum Gasteiger partial charge on any atom is -0.353 e. The average Bonchev–Trinajstić information content (AvgIpc) is 3.19. The number of nitrogens with zero attached hydrogens (tertiary/aromatic N) is 7. The van der Waals surface area contributed by atoms with Gasteiger partial charge >= 0.3 is 0 Å². The second-order valence-corrected chi connectivity index (χ2v) is 11.8. The maximum Gasteiger partial charge on any atom is 0.290 e. The minimum atomic E-state index is -0.742. The third-order valence-corrected chi connectivity index (χ3v) is 7.66. The molecule has 0 bridgehead atoms. The summed E-state index contributed by atoms with van der Waals surface area (Å²) in [5.41, 5.74) is 1.34. The molecule has 0 atom stereocenters. The zero-order valence-corrected chi connectivity index (χ0v) is 23.4. The van der Waals surface area contributed by atoms with Crippen LogP contribution >= 0.6 is 11.6 Å². The second-order valence-electron chi connectivity index (χ2n) is 11.4. The molecule has 0 spiro atoms. The summed E-state index contributed by atoms with van der Waals surface area (Å²) in [6, 6.07) is 8.09. The van der Waals surface area contributed by atoms with E-state index in [2.05, 4.69) is 20.0 Å². The Kier molecular flexibility index (Phi) is 7.03. The van der Waals surface area contributed by atoms with Gasteiger partial charge in [-0.3, -0.25) is 9.59 Å². The zero-order chi connectivity index (χ0) is 28.8. The monoisotopic (exact) mass is 565 g/mol. The summed E-state index contributed by atoms with van der Waals surface area (Å²) in [5, 5.41) is 2.45. The lowest BCUT2D eigenvalue weighted by Crippen LogP contribution is -2.61. The fourth-order valence-corrected chi connectivity index (χ4v) is 5.50. The van der Waals surface area contributed by atoms with Crippen LogP contribution in [0.3, 0.4) is 0 Å². The number of fused-ring (bicyclic) bond motifs is 1. The maximum absolute atomic E-state index is 13.8. The third-order valence-electron chi connectivity index (χ3n) is 7.37. The number of nitroso groups, excluding NO2 is 1. The molecule has 10 nitrogen and oxygen atoms in total. The summed E-state index contributed by atoms with van der Waals surface area (Å²) >= 11 is 6.03. The number of carbonyl (C=O) groups is 2. The van der Waals surface area contributed by atoms with E-state index >= 15 is 0 Å². The van der Waals surface area contributed by atoms with Crippen molar-refractivity contribution in [3.8, 4) is 0 Å². The number of hydrogen-bond donors (Lipinski definition) is 0. The highest BCUT2D eigenvalue weighted by atomic mass is 35.5. The van der Waals surface area contributed by atoms with Crippen molar-refractivity contribution < 1.29 is 14.0 Å². The lowest BCUT2D eigenvalue weighted by atomic mass is 9.92. The molecule has 0 N–H and O–H groups in total. The van der Waals surface area contributed by atoms with E-state index in [0.29, 0.717) is 48.9 Å². The molecule has 0 unspecified atom stereocenters. The molecule has 2 aliphatic rings. The van der Waals surface area contributed by atoms with Crippen LogP contribution in [0.25, 0.3) is 0 Å². The Hall–Kier alpha value is -3.99. The van der Waals surface area contributed by atoms with Crippen LogP contribution in [0.15, 0.2) is 47.9 Å². The molecule has 208 valence electrons. The van der Waals surface area contributed by atoms with Crippen molar-refractivity contribution in [3.05, 3.63) is 75.4 Å². The number of benzene rings is 1. The first-order valence-electron chi connectivity index (χ1n) is 12.9. The van der Waals surface area contributed by atoms with Gasteiger partial charge in [-0.2, -0.15) is 0 Å². The zero-order valence-electron chi connectivity index (χ0n) is 22.7. The van der Waals surface area contributed by atoms with Gasteiger partial charge in [-0.15, -0.1) is 4.91 Å². The summed E-state index contributed by atoms with van der Waals surface area (Å²) < 4.78 is 13.8. The Labute approximate surface area is 236 Å². The number of anilines is 3. The molecule has 0 radical (unpaired) electrons. The number of aromatic nitrogens is 3. The second kappa shape index (κ2) is 10.2. The molecule has 1 fully saturated rings. The van der Waals surface area contributed by atoms with Crippen molar-refractivity contribution in [2.75, 3.05) is 36.0 Å². The normalized spacial score (nSPS) is 17.5. The molecule has 5 rings (SSSR count). The molecule has 40 heavy (non-hydrogen) atoms. The SMILES string of the molecule is CC1(C)CN(c2ccc(F)c(Cl)c2)c2ncc(C(=O)N3CCN(c4ccc(CC(=O)N=O)cn4)CC3(C)C)nc21. The number of pyridine rings is 1. The first kappa shape index (κ1) is 27.6. The molecule has 12 heteroatoms. The minimum absolute atomic E-state index is 0.0290. The van der Waals surface area contributed by atoms with Gasteiger partial charge in [0.15, 0.2) is 5.82 Å². The molecule has 2 amide bonds. The lowest BCUT2D eigenvalue weighted by Gasteiger charge is -2.47. The summed E-state index contributed by atoms with van der Waals surface area (Å²) in [6.45, 7) is 10.1. The van der Waals surface area contributed by atoms with Crippen molar-refractivity contribution in [2.45, 2.75) is 45.1 Å². The van der Waals surface area contributed by atoms with Crippen LogP contribution in [0, 0.1) is 10.7 Å². The van der Waals surface area contributed by atoms with Gasteiger partial charge in [0.25, 0.3) is 11.8 Å². The molecule has 1 aromatic carbocycles. The van der Waals surface area contributed by atoms with Crippen LogP contribution in [-0.2, 0) is 16.6 Å².